The lowest BCUT2D eigenvalue weighted by molar-refractivity contribution is -0.149. The van der Waals surface area contributed by atoms with Gasteiger partial charge in [0.05, 0.1) is 18.6 Å². The first kappa shape index (κ1) is 19.4. The lowest BCUT2D eigenvalue weighted by Gasteiger charge is -2.27. The molecule has 2 aromatic rings. The standard InChI is InChI=1S/C23H23FO5/c24-18-7-2-1-6-17(18)23(10-3-4-11-23)22(26)29-15-19(25)16-8-9-20-21(14-16)28-13-5-12-27-20/h1-2,6-9,14H,3-5,10-13,15H2. The van der Waals surface area contributed by atoms with Crippen molar-refractivity contribution < 1.29 is 28.2 Å². The van der Waals surface area contributed by atoms with Gasteiger partial charge in [-0.05, 0) is 37.1 Å². The quantitative estimate of drug-likeness (QED) is 0.557. The summed E-state index contributed by atoms with van der Waals surface area (Å²) < 4.78 is 31.0. The summed E-state index contributed by atoms with van der Waals surface area (Å²) in [4.78, 5) is 25.5. The molecule has 0 saturated heterocycles. The van der Waals surface area contributed by atoms with E-state index in [-0.39, 0.29) is 5.78 Å². The van der Waals surface area contributed by atoms with Gasteiger partial charge in [0, 0.05) is 17.5 Å². The van der Waals surface area contributed by atoms with Gasteiger partial charge in [-0.3, -0.25) is 9.59 Å². The molecule has 0 N–H and O–H groups in total. The van der Waals surface area contributed by atoms with Crippen molar-refractivity contribution in [2.24, 2.45) is 0 Å². The predicted octanol–water partition coefficient (Wildman–Crippen LogP) is 4.22. The van der Waals surface area contributed by atoms with E-state index < -0.39 is 23.8 Å². The van der Waals surface area contributed by atoms with Crippen LogP contribution >= 0.6 is 0 Å². The molecule has 2 aromatic carbocycles. The van der Waals surface area contributed by atoms with Gasteiger partial charge in [-0.15, -0.1) is 0 Å². The maximum Gasteiger partial charge on any atom is 0.317 e. The minimum absolute atomic E-state index is 0.337. The Bertz CT molecular complexity index is 917. The van der Waals surface area contributed by atoms with Crippen molar-refractivity contribution in [2.75, 3.05) is 19.8 Å². The molecular weight excluding hydrogens is 375 g/mol. The van der Waals surface area contributed by atoms with Crippen LogP contribution in [0.5, 0.6) is 11.5 Å². The number of carbonyl (C=O) groups is 2. The number of ether oxygens (including phenoxy) is 3. The highest BCUT2D eigenvalue weighted by molar-refractivity contribution is 5.99. The van der Waals surface area contributed by atoms with E-state index in [9.17, 15) is 14.0 Å². The molecule has 2 aliphatic rings. The van der Waals surface area contributed by atoms with E-state index in [1.165, 1.54) is 6.07 Å². The van der Waals surface area contributed by atoms with Crippen LogP contribution in [0.25, 0.3) is 0 Å². The van der Waals surface area contributed by atoms with Crippen LogP contribution in [0.3, 0.4) is 0 Å². The fourth-order valence-corrected chi connectivity index (χ4v) is 4.10. The summed E-state index contributed by atoms with van der Waals surface area (Å²) in [7, 11) is 0. The van der Waals surface area contributed by atoms with Gasteiger partial charge < -0.3 is 14.2 Å². The van der Waals surface area contributed by atoms with E-state index >= 15 is 0 Å². The molecule has 1 aliphatic heterocycles. The van der Waals surface area contributed by atoms with E-state index in [1.54, 1.807) is 36.4 Å². The number of esters is 1. The first-order valence-corrected chi connectivity index (χ1v) is 9.95. The summed E-state index contributed by atoms with van der Waals surface area (Å²) >= 11 is 0. The number of ketones is 1. The van der Waals surface area contributed by atoms with Gasteiger partial charge in [-0.2, -0.15) is 0 Å². The van der Waals surface area contributed by atoms with Crippen LogP contribution in [0.1, 0.15) is 48.0 Å². The van der Waals surface area contributed by atoms with Crippen LogP contribution in [-0.2, 0) is 14.9 Å². The molecule has 6 heteroatoms. The van der Waals surface area contributed by atoms with Crippen LogP contribution in [0.2, 0.25) is 0 Å². The van der Waals surface area contributed by atoms with E-state index in [2.05, 4.69) is 0 Å². The molecule has 152 valence electrons. The van der Waals surface area contributed by atoms with Crippen molar-refractivity contribution >= 4 is 11.8 Å². The zero-order valence-electron chi connectivity index (χ0n) is 16.1. The van der Waals surface area contributed by atoms with Crippen molar-refractivity contribution in [3.63, 3.8) is 0 Å². The molecule has 4 rings (SSSR count). The molecule has 1 saturated carbocycles. The highest BCUT2D eigenvalue weighted by atomic mass is 19.1. The maximum atomic E-state index is 14.4. The molecule has 0 atom stereocenters. The summed E-state index contributed by atoms with van der Waals surface area (Å²) in [5.41, 5.74) is -0.282. The molecule has 1 aliphatic carbocycles. The minimum atomic E-state index is -1.02. The Balaban J connectivity index is 1.48. The van der Waals surface area contributed by atoms with Gasteiger partial charge in [-0.1, -0.05) is 31.0 Å². The summed E-state index contributed by atoms with van der Waals surface area (Å²) in [5, 5.41) is 0. The molecule has 0 radical (unpaired) electrons. The van der Waals surface area contributed by atoms with Crippen LogP contribution in [0.4, 0.5) is 4.39 Å². The van der Waals surface area contributed by atoms with Gasteiger partial charge in [0.15, 0.2) is 23.9 Å². The molecule has 1 heterocycles. The lowest BCUT2D eigenvalue weighted by atomic mass is 9.78. The summed E-state index contributed by atoms with van der Waals surface area (Å²) in [6.07, 6.45) is 3.45. The van der Waals surface area contributed by atoms with Crippen LogP contribution in [-0.4, -0.2) is 31.6 Å². The SMILES string of the molecule is O=C(COC(=O)C1(c2ccccc2F)CCCC1)c1ccc2c(c1)OCCCO2. The van der Waals surface area contributed by atoms with Crippen LogP contribution in [0, 0.1) is 5.82 Å². The molecular formula is C23H23FO5. The number of fused-ring (bicyclic) bond motifs is 1. The third-order valence-electron chi connectivity index (χ3n) is 5.64. The van der Waals surface area contributed by atoms with E-state index in [4.69, 9.17) is 14.2 Å². The molecule has 0 aromatic heterocycles. The van der Waals surface area contributed by atoms with Gasteiger partial charge >= 0.3 is 5.97 Å². The fourth-order valence-electron chi connectivity index (χ4n) is 4.10. The summed E-state index contributed by atoms with van der Waals surface area (Å²) in [5.74, 6) is -0.183. The predicted molar refractivity (Wildman–Crippen MR) is 104 cm³/mol. The Morgan fingerprint density at radius 3 is 2.45 bits per heavy atom. The average Bonchev–Trinajstić information content (AvgIpc) is 3.11. The number of benzene rings is 2. The maximum absolute atomic E-state index is 14.4. The largest absolute Gasteiger partial charge is 0.490 e. The fraction of sp³-hybridized carbons (Fsp3) is 0.391. The van der Waals surface area contributed by atoms with E-state index in [0.717, 1.165) is 19.3 Å². The smallest absolute Gasteiger partial charge is 0.317 e. The number of hydrogen-bond acceptors (Lipinski definition) is 5. The second kappa shape index (κ2) is 8.23. The monoisotopic (exact) mass is 398 g/mol. The van der Waals surface area contributed by atoms with Crippen molar-refractivity contribution in [1.82, 2.24) is 0 Å². The Morgan fingerprint density at radius 2 is 1.69 bits per heavy atom. The molecule has 0 amide bonds. The second-order valence-corrected chi connectivity index (χ2v) is 7.48. The normalized spacial score (nSPS) is 17.4. The highest BCUT2D eigenvalue weighted by Gasteiger charge is 2.46. The number of rotatable bonds is 5. The van der Waals surface area contributed by atoms with Crippen molar-refractivity contribution in [3.05, 3.63) is 59.4 Å². The Morgan fingerprint density at radius 1 is 0.966 bits per heavy atom. The Kier molecular flexibility index (Phi) is 5.51. The van der Waals surface area contributed by atoms with Crippen molar-refractivity contribution in [2.45, 2.75) is 37.5 Å². The van der Waals surface area contributed by atoms with Gasteiger partial charge in [-0.25, -0.2) is 4.39 Å². The Hall–Kier alpha value is -2.89. The number of carbonyl (C=O) groups excluding carboxylic acids is 2. The van der Waals surface area contributed by atoms with Gasteiger partial charge in [0.25, 0.3) is 0 Å². The third kappa shape index (κ3) is 3.84. The zero-order chi connectivity index (χ0) is 20.3. The first-order chi connectivity index (χ1) is 14.1. The van der Waals surface area contributed by atoms with E-state index in [1.807, 2.05) is 0 Å². The van der Waals surface area contributed by atoms with Gasteiger partial charge in [0.1, 0.15) is 5.82 Å². The van der Waals surface area contributed by atoms with Crippen LogP contribution < -0.4 is 9.47 Å². The minimum Gasteiger partial charge on any atom is -0.490 e. The van der Waals surface area contributed by atoms with E-state index in [0.29, 0.717) is 48.7 Å². The topological polar surface area (TPSA) is 61.8 Å². The van der Waals surface area contributed by atoms with Crippen LogP contribution in [0.15, 0.2) is 42.5 Å². The molecule has 5 nitrogen and oxygen atoms in total. The highest BCUT2D eigenvalue weighted by Crippen LogP contribution is 2.43. The first-order valence-electron chi connectivity index (χ1n) is 9.95. The lowest BCUT2D eigenvalue weighted by Crippen LogP contribution is -2.36. The molecule has 29 heavy (non-hydrogen) atoms. The average molecular weight is 398 g/mol. The second-order valence-electron chi connectivity index (χ2n) is 7.48. The molecule has 0 unspecified atom stereocenters. The summed E-state index contributed by atoms with van der Waals surface area (Å²) in [6.45, 7) is 0.690. The molecule has 0 bridgehead atoms. The number of Topliss-reactive ketones (excluding diaryl/α,β-unsaturated/α-hetero) is 1. The van der Waals surface area contributed by atoms with Crippen molar-refractivity contribution in [3.8, 4) is 11.5 Å². The third-order valence-corrected chi connectivity index (χ3v) is 5.64. The molecule has 0 spiro atoms. The molecule has 1 fully saturated rings. The Labute approximate surface area is 168 Å². The zero-order valence-corrected chi connectivity index (χ0v) is 16.1. The van der Waals surface area contributed by atoms with Crippen molar-refractivity contribution in [1.29, 1.82) is 0 Å². The summed E-state index contributed by atoms with van der Waals surface area (Å²) in [6, 6.07) is 11.2. The number of halogens is 1. The van der Waals surface area contributed by atoms with Gasteiger partial charge in [0.2, 0.25) is 0 Å². The number of hydrogen-bond donors (Lipinski definition) is 0.